The lowest BCUT2D eigenvalue weighted by molar-refractivity contribution is -0.146. The molecule has 0 fully saturated rings. The second-order valence-corrected chi connectivity index (χ2v) is 7.08. The van der Waals surface area contributed by atoms with Crippen molar-refractivity contribution in [3.05, 3.63) is 89.5 Å². The average Bonchev–Trinajstić information content (AvgIpc) is 2.80. The van der Waals surface area contributed by atoms with Gasteiger partial charge in [0, 0.05) is 11.3 Å². The van der Waals surface area contributed by atoms with Crippen molar-refractivity contribution < 1.29 is 19.1 Å². The maximum absolute atomic E-state index is 12.2. The van der Waals surface area contributed by atoms with Gasteiger partial charge in [-0.1, -0.05) is 54.6 Å². The van der Waals surface area contributed by atoms with Gasteiger partial charge in [-0.3, -0.25) is 14.4 Å². The Morgan fingerprint density at radius 3 is 2.19 bits per heavy atom. The predicted octanol–water partition coefficient (Wildman–Crippen LogP) is 3.88. The topological polar surface area (TPSA) is 84.5 Å². The molecule has 0 saturated carbocycles. The molecule has 0 heterocycles. The molecule has 6 nitrogen and oxygen atoms in total. The summed E-state index contributed by atoms with van der Waals surface area (Å²) in [6, 6.07) is 22.5. The maximum Gasteiger partial charge on any atom is 0.325 e. The van der Waals surface area contributed by atoms with Gasteiger partial charge in [-0.15, -0.1) is 0 Å². The SMILES string of the molecule is Cc1cccc(NC(=O)COC(=O)CNC(=O)c2ccc(-c3ccccc3)cc2)c1C. The van der Waals surface area contributed by atoms with E-state index in [1.807, 2.05) is 68.4 Å². The standard InChI is InChI=1S/C25H24N2O4/c1-17-7-6-10-22(18(17)2)27-23(28)16-31-24(29)15-26-25(30)21-13-11-20(12-14-21)19-8-4-3-5-9-19/h3-14H,15-16H2,1-2H3,(H,26,30)(H,27,28). The first-order valence-electron chi connectivity index (χ1n) is 9.89. The average molecular weight is 416 g/mol. The summed E-state index contributed by atoms with van der Waals surface area (Å²) in [7, 11) is 0. The Morgan fingerprint density at radius 1 is 0.806 bits per heavy atom. The molecule has 0 atom stereocenters. The third-order valence-electron chi connectivity index (χ3n) is 4.89. The molecule has 0 saturated heterocycles. The number of hydrogen-bond acceptors (Lipinski definition) is 4. The number of carbonyl (C=O) groups is 3. The molecule has 3 rings (SSSR count). The Hall–Kier alpha value is -3.93. The van der Waals surface area contributed by atoms with Crippen molar-refractivity contribution in [1.82, 2.24) is 5.32 Å². The summed E-state index contributed by atoms with van der Waals surface area (Å²) in [6.07, 6.45) is 0. The van der Waals surface area contributed by atoms with Crippen LogP contribution in [0.4, 0.5) is 5.69 Å². The number of benzene rings is 3. The van der Waals surface area contributed by atoms with Crippen molar-refractivity contribution in [2.75, 3.05) is 18.5 Å². The molecule has 2 amide bonds. The molecule has 0 aromatic heterocycles. The lowest BCUT2D eigenvalue weighted by Crippen LogP contribution is -2.32. The Balaban J connectivity index is 1.44. The molecule has 0 radical (unpaired) electrons. The Labute approximate surface area is 181 Å². The number of anilines is 1. The predicted molar refractivity (Wildman–Crippen MR) is 120 cm³/mol. The van der Waals surface area contributed by atoms with Crippen LogP contribution in [0.1, 0.15) is 21.5 Å². The van der Waals surface area contributed by atoms with Gasteiger partial charge in [-0.05, 0) is 54.3 Å². The number of carbonyl (C=O) groups excluding carboxylic acids is 3. The van der Waals surface area contributed by atoms with E-state index in [1.165, 1.54) is 0 Å². The molecule has 3 aromatic carbocycles. The molecule has 0 unspecified atom stereocenters. The number of esters is 1. The van der Waals surface area contributed by atoms with Gasteiger partial charge in [0.15, 0.2) is 6.61 Å². The lowest BCUT2D eigenvalue weighted by Gasteiger charge is -2.11. The van der Waals surface area contributed by atoms with E-state index in [-0.39, 0.29) is 6.54 Å². The van der Waals surface area contributed by atoms with Gasteiger partial charge in [-0.2, -0.15) is 0 Å². The van der Waals surface area contributed by atoms with Crippen LogP contribution in [0.2, 0.25) is 0 Å². The summed E-state index contributed by atoms with van der Waals surface area (Å²) in [5, 5.41) is 5.22. The minimum Gasteiger partial charge on any atom is -0.454 e. The van der Waals surface area contributed by atoms with Crippen molar-refractivity contribution in [2.45, 2.75) is 13.8 Å². The second kappa shape index (κ2) is 10.2. The lowest BCUT2D eigenvalue weighted by atomic mass is 10.0. The molecule has 0 aliphatic rings. The van der Waals surface area contributed by atoms with Gasteiger partial charge >= 0.3 is 5.97 Å². The summed E-state index contributed by atoms with van der Waals surface area (Å²) in [5.41, 5.74) is 5.15. The quantitative estimate of drug-likeness (QED) is 0.573. The monoisotopic (exact) mass is 416 g/mol. The smallest absolute Gasteiger partial charge is 0.325 e. The van der Waals surface area contributed by atoms with Crippen LogP contribution in [0.5, 0.6) is 0 Å². The van der Waals surface area contributed by atoms with Crippen LogP contribution >= 0.6 is 0 Å². The first-order valence-corrected chi connectivity index (χ1v) is 9.89. The van der Waals surface area contributed by atoms with Crippen LogP contribution in [0.25, 0.3) is 11.1 Å². The fourth-order valence-electron chi connectivity index (χ4n) is 2.97. The van der Waals surface area contributed by atoms with Crippen LogP contribution < -0.4 is 10.6 Å². The van der Waals surface area contributed by atoms with Gasteiger partial charge in [-0.25, -0.2) is 0 Å². The summed E-state index contributed by atoms with van der Waals surface area (Å²) >= 11 is 0. The fourth-order valence-corrected chi connectivity index (χ4v) is 2.97. The zero-order chi connectivity index (χ0) is 22.2. The molecular formula is C25H24N2O4. The largest absolute Gasteiger partial charge is 0.454 e. The number of nitrogens with one attached hydrogen (secondary N) is 2. The molecular weight excluding hydrogens is 392 g/mol. The summed E-state index contributed by atoms with van der Waals surface area (Å²) < 4.78 is 4.94. The maximum atomic E-state index is 12.2. The third-order valence-corrected chi connectivity index (χ3v) is 4.89. The van der Waals surface area contributed by atoms with E-state index in [4.69, 9.17) is 4.74 Å². The van der Waals surface area contributed by atoms with Crippen LogP contribution in [0.3, 0.4) is 0 Å². The van der Waals surface area contributed by atoms with Gasteiger partial charge in [0.25, 0.3) is 11.8 Å². The van der Waals surface area contributed by atoms with Gasteiger partial charge in [0.1, 0.15) is 6.54 Å². The summed E-state index contributed by atoms with van der Waals surface area (Å²) in [4.78, 5) is 36.1. The molecule has 0 aliphatic carbocycles. The normalized spacial score (nSPS) is 10.3. The molecule has 2 N–H and O–H groups in total. The van der Waals surface area contributed by atoms with Crippen molar-refractivity contribution in [2.24, 2.45) is 0 Å². The van der Waals surface area contributed by atoms with Gasteiger partial charge in [0.2, 0.25) is 0 Å². The van der Waals surface area contributed by atoms with E-state index in [9.17, 15) is 14.4 Å². The van der Waals surface area contributed by atoms with Crippen LogP contribution in [0.15, 0.2) is 72.8 Å². The Kier molecular flexibility index (Phi) is 7.17. The highest BCUT2D eigenvalue weighted by Gasteiger charge is 2.12. The minimum atomic E-state index is -0.689. The van der Waals surface area contributed by atoms with Crippen molar-refractivity contribution in [3.63, 3.8) is 0 Å². The summed E-state index contributed by atoms with van der Waals surface area (Å²) in [5.74, 6) is -1.52. The van der Waals surface area contributed by atoms with E-state index >= 15 is 0 Å². The molecule has 0 aliphatic heterocycles. The number of amides is 2. The Morgan fingerprint density at radius 2 is 1.48 bits per heavy atom. The fraction of sp³-hybridized carbons (Fsp3) is 0.160. The zero-order valence-corrected chi connectivity index (χ0v) is 17.5. The number of ether oxygens (including phenoxy) is 1. The van der Waals surface area contributed by atoms with Crippen LogP contribution in [-0.4, -0.2) is 30.9 Å². The highest BCUT2D eigenvalue weighted by molar-refractivity contribution is 5.97. The molecule has 0 spiro atoms. The third kappa shape index (κ3) is 6.02. The number of hydrogen-bond donors (Lipinski definition) is 2. The van der Waals surface area contributed by atoms with Crippen molar-refractivity contribution in [3.8, 4) is 11.1 Å². The van der Waals surface area contributed by atoms with E-state index in [0.717, 1.165) is 22.3 Å². The van der Waals surface area contributed by atoms with E-state index in [1.54, 1.807) is 18.2 Å². The van der Waals surface area contributed by atoms with Crippen LogP contribution in [-0.2, 0) is 14.3 Å². The Bertz CT molecular complexity index is 1080. The second-order valence-electron chi connectivity index (χ2n) is 7.08. The summed E-state index contributed by atoms with van der Waals surface area (Å²) in [6.45, 7) is 3.10. The van der Waals surface area contributed by atoms with Crippen LogP contribution in [0, 0.1) is 13.8 Å². The first kappa shape index (κ1) is 21.8. The minimum absolute atomic E-state index is 0.323. The first-order chi connectivity index (χ1) is 14.9. The zero-order valence-electron chi connectivity index (χ0n) is 17.5. The highest BCUT2D eigenvalue weighted by atomic mass is 16.5. The number of rotatable bonds is 7. The molecule has 3 aromatic rings. The molecule has 0 bridgehead atoms. The van der Waals surface area contributed by atoms with E-state index in [2.05, 4.69) is 10.6 Å². The van der Waals surface area contributed by atoms with Gasteiger partial charge in [0.05, 0.1) is 0 Å². The van der Waals surface area contributed by atoms with E-state index in [0.29, 0.717) is 11.3 Å². The van der Waals surface area contributed by atoms with Gasteiger partial charge < -0.3 is 15.4 Å². The van der Waals surface area contributed by atoms with E-state index < -0.39 is 24.4 Å². The molecule has 6 heteroatoms. The molecule has 158 valence electrons. The molecule has 31 heavy (non-hydrogen) atoms. The highest BCUT2D eigenvalue weighted by Crippen LogP contribution is 2.19. The van der Waals surface area contributed by atoms with Crippen molar-refractivity contribution >= 4 is 23.5 Å². The van der Waals surface area contributed by atoms with Crippen molar-refractivity contribution in [1.29, 1.82) is 0 Å². The number of aryl methyl sites for hydroxylation is 1.